The number of nitrogens with zero attached hydrogens (tertiary/aromatic N) is 5. The highest BCUT2D eigenvalue weighted by atomic mass is 19.4. The summed E-state index contributed by atoms with van der Waals surface area (Å²) in [6.45, 7) is 4.59. The number of likely N-dealkylation sites (N-methyl/N-ethyl adjacent to an activating group) is 1. The summed E-state index contributed by atoms with van der Waals surface area (Å²) in [6.07, 6.45) is 3.34. The molecule has 1 aliphatic heterocycles. The maximum absolute atomic E-state index is 12.7. The molecule has 0 bridgehead atoms. The van der Waals surface area contributed by atoms with Crippen molar-refractivity contribution in [2.75, 3.05) is 39.0 Å². The summed E-state index contributed by atoms with van der Waals surface area (Å²) < 4.78 is 44.6. The maximum atomic E-state index is 12.7. The van der Waals surface area contributed by atoms with Gasteiger partial charge in [-0.1, -0.05) is 0 Å². The Morgan fingerprint density at radius 2 is 1.79 bits per heavy atom. The Bertz CT molecular complexity index is 1030. The Morgan fingerprint density at radius 3 is 2.42 bits per heavy atom. The van der Waals surface area contributed by atoms with Gasteiger partial charge in [0.25, 0.3) is 0 Å². The third kappa shape index (κ3) is 4.07. The van der Waals surface area contributed by atoms with Crippen LogP contribution in [-0.4, -0.2) is 70.0 Å². The van der Waals surface area contributed by atoms with E-state index in [0.29, 0.717) is 41.1 Å². The number of nitrogen functional groups attached to an aromatic ring is 1. The van der Waals surface area contributed by atoms with E-state index in [0.717, 1.165) is 44.8 Å². The zero-order valence-electron chi connectivity index (χ0n) is 18.6. The van der Waals surface area contributed by atoms with Crippen LogP contribution in [0.2, 0.25) is 0 Å². The van der Waals surface area contributed by atoms with Gasteiger partial charge in [0.1, 0.15) is 5.82 Å². The minimum Gasteiger partial charge on any atom is -0.402 e. The fraction of sp³-hybridized carbons (Fsp3) is 0.652. The van der Waals surface area contributed by atoms with Crippen molar-refractivity contribution in [3.05, 3.63) is 24.3 Å². The standard InChI is InChI=1S/C23H29F3N6O/c1-30-4-6-31(7-5-30)15-9-16-17(10-15)20(16)32-12-18(29-22(32)13-2-3-13)14-8-19(21(27)28-11-14)33-23(24,25)26/h8,11-13,15-17,20H,2-7,9-10H2,1H3,(H2,27,28). The molecule has 3 saturated carbocycles. The molecule has 2 unspecified atom stereocenters. The predicted octanol–water partition coefficient (Wildman–Crippen LogP) is 3.50. The molecule has 4 aliphatic rings. The van der Waals surface area contributed by atoms with E-state index < -0.39 is 12.1 Å². The lowest BCUT2D eigenvalue weighted by Crippen LogP contribution is -2.48. The van der Waals surface area contributed by atoms with Crippen LogP contribution in [0.4, 0.5) is 19.0 Å². The molecule has 33 heavy (non-hydrogen) atoms. The maximum Gasteiger partial charge on any atom is 0.573 e. The molecule has 0 aromatic carbocycles. The zero-order chi connectivity index (χ0) is 22.9. The number of aromatic nitrogens is 3. The first kappa shape index (κ1) is 21.2. The fourth-order valence-corrected chi connectivity index (χ4v) is 5.91. The minimum atomic E-state index is -4.82. The van der Waals surface area contributed by atoms with Crippen LogP contribution in [0.5, 0.6) is 5.75 Å². The third-order valence-electron chi connectivity index (χ3n) is 7.86. The quantitative estimate of drug-likeness (QED) is 0.734. The number of halogens is 3. The van der Waals surface area contributed by atoms with Gasteiger partial charge in [-0.25, -0.2) is 9.97 Å². The molecule has 2 atom stereocenters. The molecule has 7 nitrogen and oxygen atoms in total. The van der Waals surface area contributed by atoms with Crippen molar-refractivity contribution in [3.63, 3.8) is 0 Å². The Morgan fingerprint density at radius 1 is 1.09 bits per heavy atom. The molecule has 0 radical (unpaired) electrons. The topological polar surface area (TPSA) is 72.4 Å². The number of fused-ring (bicyclic) bond motifs is 1. The number of anilines is 1. The van der Waals surface area contributed by atoms with Crippen molar-refractivity contribution in [2.24, 2.45) is 11.8 Å². The van der Waals surface area contributed by atoms with E-state index in [2.05, 4.69) is 31.1 Å². The normalized spacial score (nSPS) is 30.4. The number of piperazine rings is 1. The molecule has 10 heteroatoms. The van der Waals surface area contributed by atoms with E-state index in [1.807, 2.05) is 6.20 Å². The fourth-order valence-electron chi connectivity index (χ4n) is 5.91. The van der Waals surface area contributed by atoms with E-state index in [1.54, 1.807) is 0 Å². The average Bonchev–Trinajstić information content (AvgIpc) is 3.63. The van der Waals surface area contributed by atoms with Gasteiger partial charge < -0.3 is 19.9 Å². The lowest BCUT2D eigenvalue weighted by Gasteiger charge is -2.37. The van der Waals surface area contributed by atoms with Crippen LogP contribution in [0.3, 0.4) is 0 Å². The SMILES string of the molecule is CN1CCN(C2CC3C(C2)C3n2cc(-c3cnc(N)c(OC(F)(F)F)c3)nc2C2CC2)CC1. The number of pyridine rings is 1. The molecule has 2 aromatic heterocycles. The number of hydrogen-bond donors (Lipinski definition) is 1. The number of imidazole rings is 1. The smallest absolute Gasteiger partial charge is 0.402 e. The number of nitrogens with two attached hydrogens (primary N) is 1. The highest BCUT2D eigenvalue weighted by molar-refractivity contribution is 5.64. The minimum absolute atomic E-state index is 0.287. The lowest BCUT2D eigenvalue weighted by molar-refractivity contribution is -0.274. The molecule has 0 amide bonds. The molecule has 2 aromatic rings. The van der Waals surface area contributed by atoms with Crippen LogP contribution in [0.1, 0.15) is 43.5 Å². The van der Waals surface area contributed by atoms with Crippen molar-refractivity contribution in [1.82, 2.24) is 24.3 Å². The molecule has 3 heterocycles. The Kier molecular flexibility index (Phi) is 4.88. The van der Waals surface area contributed by atoms with Crippen molar-refractivity contribution in [2.45, 2.75) is 50.0 Å². The van der Waals surface area contributed by atoms with Crippen molar-refractivity contribution in [3.8, 4) is 17.0 Å². The van der Waals surface area contributed by atoms with E-state index >= 15 is 0 Å². The second-order valence-electron chi connectivity index (χ2n) is 10.1. The van der Waals surface area contributed by atoms with Gasteiger partial charge in [0.05, 0.1) is 5.69 Å². The molecule has 3 aliphatic carbocycles. The van der Waals surface area contributed by atoms with Gasteiger partial charge in [-0.05, 0) is 50.6 Å². The van der Waals surface area contributed by atoms with Gasteiger partial charge in [0.2, 0.25) is 0 Å². The van der Waals surface area contributed by atoms with Crippen LogP contribution in [0, 0.1) is 11.8 Å². The highest BCUT2D eigenvalue weighted by Gasteiger charge is 2.59. The molecular weight excluding hydrogens is 433 g/mol. The first-order valence-electron chi connectivity index (χ1n) is 11.8. The van der Waals surface area contributed by atoms with Crippen LogP contribution in [-0.2, 0) is 0 Å². The number of rotatable bonds is 5. The third-order valence-corrected chi connectivity index (χ3v) is 7.86. The molecule has 1 saturated heterocycles. The van der Waals surface area contributed by atoms with Crippen molar-refractivity contribution >= 4 is 5.82 Å². The number of ether oxygens (including phenoxy) is 1. The zero-order valence-corrected chi connectivity index (χ0v) is 18.6. The van der Waals surface area contributed by atoms with Gasteiger partial charge in [0.15, 0.2) is 11.6 Å². The van der Waals surface area contributed by atoms with Gasteiger partial charge >= 0.3 is 6.36 Å². The molecular formula is C23H29F3N6O. The molecule has 178 valence electrons. The highest BCUT2D eigenvalue weighted by Crippen LogP contribution is 2.62. The first-order chi connectivity index (χ1) is 15.8. The van der Waals surface area contributed by atoms with E-state index in [-0.39, 0.29) is 5.82 Å². The summed E-state index contributed by atoms with van der Waals surface area (Å²) in [7, 11) is 2.18. The lowest BCUT2D eigenvalue weighted by atomic mass is 10.1. The number of alkyl halides is 3. The van der Waals surface area contributed by atoms with Crippen LogP contribution in [0.15, 0.2) is 18.5 Å². The predicted molar refractivity (Wildman–Crippen MR) is 117 cm³/mol. The second-order valence-corrected chi connectivity index (χ2v) is 10.1. The van der Waals surface area contributed by atoms with Gasteiger partial charge in [-0.3, -0.25) is 4.90 Å². The summed E-state index contributed by atoms with van der Waals surface area (Å²) in [5.74, 6) is 2.08. The van der Waals surface area contributed by atoms with Gasteiger partial charge in [0, 0.05) is 62.1 Å². The second kappa shape index (κ2) is 7.59. The van der Waals surface area contributed by atoms with Gasteiger partial charge in [-0.15, -0.1) is 13.2 Å². The Labute approximate surface area is 190 Å². The Balaban J connectivity index is 1.21. The van der Waals surface area contributed by atoms with Gasteiger partial charge in [-0.2, -0.15) is 0 Å². The largest absolute Gasteiger partial charge is 0.573 e. The van der Waals surface area contributed by atoms with Crippen LogP contribution in [0.25, 0.3) is 11.3 Å². The summed E-state index contributed by atoms with van der Waals surface area (Å²) in [5.41, 5.74) is 6.73. The summed E-state index contributed by atoms with van der Waals surface area (Å²) in [5, 5.41) is 0. The Hall–Kier alpha value is -2.33. The van der Waals surface area contributed by atoms with E-state index in [1.165, 1.54) is 25.1 Å². The van der Waals surface area contributed by atoms with E-state index in [9.17, 15) is 13.2 Å². The summed E-state index contributed by atoms with van der Waals surface area (Å²) >= 11 is 0. The summed E-state index contributed by atoms with van der Waals surface area (Å²) in [4.78, 5) is 13.8. The van der Waals surface area contributed by atoms with Crippen LogP contribution < -0.4 is 10.5 Å². The molecule has 6 rings (SSSR count). The average molecular weight is 463 g/mol. The van der Waals surface area contributed by atoms with Crippen molar-refractivity contribution in [1.29, 1.82) is 0 Å². The number of hydrogen-bond acceptors (Lipinski definition) is 6. The summed E-state index contributed by atoms with van der Waals surface area (Å²) in [6, 6.07) is 2.43. The van der Waals surface area contributed by atoms with Crippen LogP contribution >= 0.6 is 0 Å². The van der Waals surface area contributed by atoms with E-state index in [4.69, 9.17) is 10.7 Å². The molecule has 4 fully saturated rings. The van der Waals surface area contributed by atoms with Crippen molar-refractivity contribution < 1.29 is 17.9 Å². The molecule has 2 N–H and O–H groups in total. The first-order valence-corrected chi connectivity index (χ1v) is 11.8. The molecule has 0 spiro atoms. The monoisotopic (exact) mass is 462 g/mol.